The number of aliphatic imine (C=N–C) groups is 1. The minimum atomic E-state index is -0.312. The van der Waals surface area contributed by atoms with E-state index in [1.807, 2.05) is 6.07 Å². The normalized spacial score (nSPS) is 19.0. The summed E-state index contributed by atoms with van der Waals surface area (Å²) < 4.78 is 0. The molecular formula is C55H43N5. The SMILES string of the molecule is C1=C(c2ccccc2)NC(c2ccc(-c3ccc4ccccc4c3C3N=C(c4ccccc4)NC(c4ccccc4)N3)cc2)NC1c1ccc2c(ccc3ccccc32)c1. The van der Waals surface area contributed by atoms with E-state index in [-0.39, 0.29) is 24.5 Å². The molecule has 9 aromatic carbocycles. The summed E-state index contributed by atoms with van der Waals surface area (Å²) in [5.74, 6) is 0.869. The molecule has 4 atom stereocenters. The van der Waals surface area contributed by atoms with E-state index < -0.39 is 0 Å². The Hall–Kier alpha value is -7.31. The van der Waals surface area contributed by atoms with E-state index in [1.165, 1.54) is 37.9 Å². The van der Waals surface area contributed by atoms with Gasteiger partial charge in [-0.25, -0.2) is 4.99 Å². The van der Waals surface area contributed by atoms with Crippen molar-refractivity contribution in [1.82, 2.24) is 21.3 Å². The van der Waals surface area contributed by atoms with E-state index in [0.717, 1.165) is 50.5 Å². The lowest BCUT2D eigenvalue weighted by atomic mass is 9.91. The van der Waals surface area contributed by atoms with Crippen molar-refractivity contribution in [2.24, 2.45) is 4.99 Å². The molecule has 11 rings (SSSR count). The van der Waals surface area contributed by atoms with Crippen molar-refractivity contribution in [3.63, 3.8) is 0 Å². The van der Waals surface area contributed by atoms with E-state index in [9.17, 15) is 0 Å². The number of rotatable bonds is 7. The zero-order chi connectivity index (χ0) is 39.8. The number of fused-ring (bicyclic) bond motifs is 4. The summed E-state index contributed by atoms with van der Waals surface area (Å²) in [6.45, 7) is 0. The minimum Gasteiger partial charge on any atom is -0.366 e. The second kappa shape index (κ2) is 15.5. The third-order valence-corrected chi connectivity index (χ3v) is 12.0. The van der Waals surface area contributed by atoms with Gasteiger partial charge in [0.05, 0.1) is 6.04 Å². The van der Waals surface area contributed by atoms with Gasteiger partial charge in [0.1, 0.15) is 24.3 Å². The molecule has 2 heterocycles. The predicted octanol–water partition coefficient (Wildman–Crippen LogP) is 12.1. The molecule has 2 aliphatic rings. The molecule has 5 nitrogen and oxygen atoms in total. The Morgan fingerprint density at radius 1 is 0.383 bits per heavy atom. The Kier molecular flexibility index (Phi) is 9.23. The molecule has 0 saturated carbocycles. The number of hydrogen-bond acceptors (Lipinski definition) is 5. The molecule has 9 aromatic rings. The Morgan fingerprint density at radius 2 is 0.950 bits per heavy atom. The molecule has 0 aromatic heterocycles. The molecule has 0 spiro atoms. The Morgan fingerprint density at radius 3 is 1.72 bits per heavy atom. The van der Waals surface area contributed by atoms with Gasteiger partial charge in [0.2, 0.25) is 0 Å². The average Bonchev–Trinajstić information content (AvgIpc) is 3.34. The van der Waals surface area contributed by atoms with Gasteiger partial charge in [0, 0.05) is 16.8 Å². The lowest BCUT2D eigenvalue weighted by molar-refractivity contribution is 0.411. The number of nitrogens with zero attached hydrogens (tertiary/aromatic N) is 1. The van der Waals surface area contributed by atoms with Crippen molar-refractivity contribution in [1.29, 1.82) is 0 Å². The van der Waals surface area contributed by atoms with Crippen LogP contribution in [-0.2, 0) is 0 Å². The zero-order valence-electron chi connectivity index (χ0n) is 33.0. The summed E-state index contributed by atoms with van der Waals surface area (Å²) in [6, 6.07) is 73.8. The van der Waals surface area contributed by atoms with Crippen molar-refractivity contribution >= 4 is 43.9 Å². The topological polar surface area (TPSA) is 60.5 Å². The molecule has 5 heteroatoms. The van der Waals surface area contributed by atoms with Gasteiger partial charge >= 0.3 is 0 Å². The zero-order valence-corrected chi connectivity index (χ0v) is 33.0. The molecule has 0 amide bonds. The van der Waals surface area contributed by atoms with Gasteiger partial charge in [-0.05, 0) is 77.8 Å². The average molecular weight is 774 g/mol. The highest BCUT2D eigenvalue weighted by molar-refractivity contribution is 6.07. The predicted molar refractivity (Wildman–Crippen MR) is 248 cm³/mol. The van der Waals surface area contributed by atoms with Gasteiger partial charge in [-0.15, -0.1) is 0 Å². The van der Waals surface area contributed by atoms with E-state index in [0.29, 0.717) is 0 Å². The summed E-state index contributed by atoms with van der Waals surface area (Å²) >= 11 is 0. The van der Waals surface area contributed by atoms with Gasteiger partial charge in [0.25, 0.3) is 0 Å². The van der Waals surface area contributed by atoms with Crippen molar-refractivity contribution in [2.45, 2.75) is 24.5 Å². The van der Waals surface area contributed by atoms with Gasteiger partial charge in [0.15, 0.2) is 0 Å². The third kappa shape index (κ3) is 6.80. The Balaban J connectivity index is 0.967. The summed E-state index contributed by atoms with van der Waals surface area (Å²) in [5, 5.41) is 22.8. The fraction of sp³-hybridized carbons (Fsp3) is 0.0727. The van der Waals surface area contributed by atoms with Crippen LogP contribution in [0.3, 0.4) is 0 Å². The maximum absolute atomic E-state index is 5.40. The molecule has 0 radical (unpaired) electrons. The number of benzene rings is 9. The van der Waals surface area contributed by atoms with Crippen LogP contribution in [0.5, 0.6) is 0 Å². The van der Waals surface area contributed by atoms with Gasteiger partial charge in [-0.1, -0.05) is 200 Å². The second-order valence-corrected chi connectivity index (χ2v) is 15.7. The first-order valence-corrected chi connectivity index (χ1v) is 20.8. The lowest BCUT2D eigenvalue weighted by Crippen LogP contribution is -2.45. The summed E-state index contributed by atoms with van der Waals surface area (Å²) in [5.41, 5.74) is 10.3. The molecule has 0 fully saturated rings. The van der Waals surface area contributed by atoms with Gasteiger partial charge in [-0.3, -0.25) is 10.6 Å². The van der Waals surface area contributed by atoms with Crippen molar-refractivity contribution in [3.05, 3.63) is 246 Å². The smallest absolute Gasteiger partial charge is 0.131 e. The van der Waals surface area contributed by atoms with Crippen LogP contribution in [0, 0.1) is 0 Å². The van der Waals surface area contributed by atoms with Crippen LogP contribution in [0.25, 0.3) is 49.1 Å². The fourth-order valence-electron chi connectivity index (χ4n) is 9.00. The third-order valence-electron chi connectivity index (χ3n) is 12.0. The van der Waals surface area contributed by atoms with Crippen LogP contribution in [0.15, 0.2) is 217 Å². The molecule has 0 saturated heterocycles. The Bertz CT molecular complexity index is 3050. The monoisotopic (exact) mass is 773 g/mol. The second-order valence-electron chi connectivity index (χ2n) is 15.7. The fourth-order valence-corrected chi connectivity index (χ4v) is 9.00. The number of hydrogen-bond donors (Lipinski definition) is 4. The van der Waals surface area contributed by atoms with Crippen LogP contribution in [0.1, 0.15) is 57.9 Å². The van der Waals surface area contributed by atoms with Crippen molar-refractivity contribution in [3.8, 4) is 11.1 Å². The van der Waals surface area contributed by atoms with Crippen LogP contribution in [0.4, 0.5) is 0 Å². The van der Waals surface area contributed by atoms with Crippen LogP contribution >= 0.6 is 0 Å². The molecule has 4 unspecified atom stereocenters. The van der Waals surface area contributed by atoms with E-state index in [2.05, 4.69) is 228 Å². The number of amidine groups is 1. The van der Waals surface area contributed by atoms with Gasteiger partial charge < -0.3 is 10.6 Å². The number of nitrogens with one attached hydrogen (secondary N) is 4. The summed E-state index contributed by atoms with van der Waals surface area (Å²) in [6.07, 6.45) is 1.75. The largest absolute Gasteiger partial charge is 0.366 e. The van der Waals surface area contributed by atoms with Gasteiger partial charge in [-0.2, -0.15) is 0 Å². The quantitative estimate of drug-likeness (QED) is 0.122. The molecule has 0 bridgehead atoms. The van der Waals surface area contributed by atoms with E-state index >= 15 is 0 Å². The van der Waals surface area contributed by atoms with E-state index in [4.69, 9.17) is 4.99 Å². The first kappa shape index (κ1) is 35.8. The minimum absolute atomic E-state index is 0.00527. The summed E-state index contributed by atoms with van der Waals surface area (Å²) in [4.78, 5) is 5.40. The Labute approximate surface area is 350 Å². The van der Waals surface area contributed by atoms with Crippen molar-refractivity contribution in [2.75, 3.05) is 0 Å². The van der Waals surface area contributed by atoms with Crippen LogP contribution in [0.2, 0.25) is 0 Å². The summed E-state index contributed by atoms with van der Waals surface area (Å²) in [7, 11) is 0. The maximum atomic E-state index is 5.40. The lowest BCUT2D eigenvalue weighted by Gasteiger charge is -2.34. The standard InChI is InChI=1S/C55H43N5/c1-4-16-39(17-5-1)49-35-50(44-31-32-46-43(34-44)29-26-36-14-10-12-22-45(36)46)57-52(56-49)42-27-24-38(25-28-42)48-33-30-37-15-11-13-23-47(37)51(48)55-59-53(40-18-6-2-7-19-40)58-54(60-55)41-20-8-3-9-21-41/h1-35,50,52-53,55-57,59H,(H,58,60). The molecule has 0 aliphatic carbocycles. The van der Waals surface area contributed by atoms with Crippen molar-refractivity contribution < 1.29 is 0 Å². The first-order chi connectivity index (χ1) is 29.7. The van der Waals surface area contributed by atoms with Crippen LogP contribution < -0.4 is 21.3 Å². The van der Waals surface area contributed by atoms with Crippen LogP contribution in [-0.4, -0.2) is 5.84 Å². The highest BCUT2D eigenvalue weighted by Gasteiger charge is 2.29. The highest BCUT2D eigenvalue weighted by Crippen LogP contribution is 2.39. The molecule has 4 N–H and O–H groups in total. The molecule has 288 valence electrons. The van der Waals surface area contributed by atoms with E-state index in [1.54, 1.807) is 0 Å². The first-order valence-electron chi connectivity index (χ1n) is 20.8. The maximum Gasteiger partial charge on any atom is 0.131 e. The highest BCUT2D eigenvalue weighted by atomic mass is 15.3. The molecular weight excluding hydrogens is 731 g/mol. The molecule has 60 heavy (non-hydrogen) atoms. The molecule has 2 aliphatic heterocycles.